The van der Waals surface area contributed by atoms with Gasteiger partial charge < -0.3 is 29.6 Å². The molecular weight excluding hydrogens is 388 g/mol. The van der Waals surface area contributed by atoms with Crippen LogP contribution in [-0.2, 0) is 4.79 Å². The molecule has 1 aromatic heterocycles. The Bertz CT molecular complexity index is 1010. The number of urea groups is 1. The van der Waals surface area contributed by atoms with Crippen molar-refractivity contribution >= 4 is 29.2 Å². The number of carbonyl (C=O) groups is 3. The molecule has 0 spiro atoms. The van der Waals surface area contributed by atoms with E-state index in [9.17, 15) is 14.4 Å². The van der Waals surface area contributed by atoms with E-state index >= 15 is 0 Å². The monoisotopic (exact) mass is 412 g/mol. The Morgan fingerprint density at radius 2 is 1.80 bits per heavy atom. The molecule has 0 bridgehead atoms. The number of fused-ring (bicyclic) bond motifs is 1. The summed E-state index contributed by atoms with van der Waals surface area (Å²) in [6.45, 7) is 7.00. The summed E-state index contributed by atoms with van der Waals surface area (Å²) in [6.07, 6.45) is -0.549. The van der Waals surface area contributed by atoms with Crippen LogP contribution in [0.15, 0.2) is 28.7 Å². The summed E-state index contributed by atoms with van der Waals surface area (Å²) in [6, 6.07) is 6.60. The number of hydrogen-bond donors (Lipinski definition) is 2. The molecule has 4 amide bonds. The van der Waals surface area contributed by atoms with Crippen LogP contribution in [0.4, 0.5) is 16.2 Å². The highest BCUT2D eigenvalue weighted by Crippen LogP contribution is 2.32. The molecule has 158 valence electrons. The molecule has 2 aliphatic heterocycles. The summed E-state index contributed by atoms with van der Waals surface area (Å²) < 4.78 is 11.0. The molecular formula is C21H24N4O5. The Hall–Kier alpha value is -3.49. The highest BCUT2D eigenvalue weighted by atomic mass is 16.5. The SMILES string of the molecule is Cc1cc(C(=O)N2CCN(C(=O)Nc3ccc4c(c3)NC(=O)C(C)O4)CC2)c(C)o1. The normalized spacial score (nSPS) is 18.4. The summed E-state index contributed by atoms with van der Waals surface area (Å²) in [5.41, 5.74) is 1.65. The number of anilines is 2. The fourth-order valence-corrected chi connectivity index (χ4v) is 3.62. The van der Waals surface area contributed by atoms with Crippen molar-refractivity contribution in [2.75, 3.05) is 36.8 Å². The van der Waals surface area contributed by atoms with Crippen molar-refractivity contribution in [1.29, 1.82) is 0 Å². The summed E-state index contributed by atoms with van der Waals surface area (Å²) in [7, 11) is 0. The van der Waals surface area contributed by atoms with Crippen molar-refractivity contribution in [3.05, 3.63) is 41.3 Å². The summed E-state index contributed by atoms with van der Waals surface area (Å²) >= 11 is 0. The maximum Gasteiger partial charge on any atom is 0.321 e. The molecule has 30 heavy (non-hydrogen) atoms. The zero-order valence-electron chi connectivity index (χ0n) is 17.2. The number of amides is 4. The highest BCUT2D eigenvalue weighted by Gasteiger charge is 2.27. The second-order valence-corrected chi connectivity index (χ2v) is 7.50. The maximum atomic E-state index is 12.7. The lowest BCUT2D eigenvalue weighted by Gasteiger charge is -2.34. The number of ether oxygens (including phenoxy) is 1. The van der Waals surface area contributed by atoms with Crippen LogP contribution in [0.1, 0.15) is 28.8 Å². The van der Waals surface area contributed by atoms with Crippen LogP contribution < -0.4 is 15.4 Å². The minimum atomic E-state index is -0.549. The average molecular weight is 412 g/mol. The molecule has 1 aromatic carbocycles. The van der Waals surface area contributed by atoms with E-state index < -0.39 is 6.10 Å². The topological polar surface area (TPSA) is 104 Å². The van der Waals surface area contributed by atoms with Gasteiger partial charge in [0.1, 0.15) is 17.3 Å². The molecule has 1 saturated heterocycles. The van der Waals surface area contributed by atoms with Gasteiger partial charge in [-0.25, -0.2) is 4.79 Å². The van der Waals surface area contributed by atoms with Crippen molar-refractivity contribution in [3.8, 4) is 5.75 Å². The van der Waals surface area contributed by atoms with E-state index in [1.165, 1.54) is 0 Å². The Labute approximate surface area is 174 Å². The summed E-state index contributed by atoms with van der Waals surface area (Å²) in [5.74, 6) is 1.57. The van der Waals surface area contributed by atoms with Gasteiger partial charge in [-0.2, -0.15) is 0 Å². The first-order valence-corrected chi connectivity index (χ1v) is 9.85. The third kappa shape index (κ3) is 3.83. The van der Waals surface area contributed by atoms with Gasteiger partial charge in [0.15, 0.2) is 6.10 Å². The molecule has 0 saturated carbocycles. The minimum Gasteiger partial charge on any atom is -0.479 e. The molecule has 0 radical (unpaired) electrons. The van der Waals surface area contributed by atoms with E-state index in [0.29, 0.717) is 60.4 Å². The molecule has 9 heteroatoms. The lowest BCUT2D eigenvalue weighted by atomic mass is 10.2. The molecule has 1 atom stereocenters. The van der Waals surface area contributed by atoms with Gasteiger partial charge in [-0.3, -0.25) is 9.59 Å². The molecule has 2 N–H and O–H groups in total. The van der Waals surface area contributed by atoms with E-state index in [1.807, 2.05) is 6.92 Å². The van der Waals surface area contributed by atoms with Gasteiger partial charge >= 0.3 is 6.03 Å². The molecule has 4 rings (SSSR count). The Morgan fingerprint density at radius 3 is 2.47 bits per heavy atom. The van der Waals surface area contributed by atoms with Crippen LogP contribution in [0.3, 0.4) is 0 Å². The van der Waals surface area contributed by atoms with Crippen molar-refractivity contribution in [2.24, 2.45) is 0 Å². The van der Waals surface area contributed by atoms with Crippen LogP contribution in [-0.4, -0.2) is 59.9 Å². The number of benzene rings is 1. The second-order valence-electron chi connectivity index (χ2n) is 7.50. The van der Waals surface area contributed by atoms with Gasteiger partial charge in [0.05, 0.1) is 11.3 Å². The Kier molecular flexibility index (Phi) is 5.11. The van der Waals surface area contributed by atoms with Gasteiger partial charge in [-0.1, -0.05) is 0 Å². The number of carbonyl (C=O) groups excluding carboxylic acids is 3. The molecule has 2 aromatic rings. The number of hydrogen-bond acceptors (Lipinski definition) is 5. The van der Waals surface area contributed by atoms with Gasteiger partial charge in [-0.15, -0.1) is 0 Å². The van der Waals surface area contributed by atoms with Crippen LogP contribution in [0.5, 0.6) is 5.75 Å². The fourth-order valence-electron chi connectivity index (χ4n) is 3.62. The van der Waals surface area contributed by atoms with E-state index in [0.717, 1.165) is 0 Å². The third-order valence-corrected chi connectivity index (χ3v) is 5.29. The summed E-state index contributed by atoms with van der Waals surface area (Å²) in [5, 5.41) is 5.60. The Balaban J connectivity index is 1.35. The van der Waals surface area contributed by atoms with Crippen LogP contribution in [0.25, 0.3) is 0 Å². The van der Waals surface area contributed by atoms with Gasteiger partial charge in [0.2, 0.25) is 0 Å². The smallest absolute Gasteiger partial charge is 0.321 e. The van der Waals surface area contributed by atoms with E-state index in [4.69, 9.17) is 9.15 Å². The number of rotatable bonds is 2. The molecule has 0 aliphatic carbocycles. The quantitative estimate of drug-likeness (QED) is 0.789. The van der Waals surface area contributed by atoms with Crippen LogP contribution >= 0.6 is 0 Å². The fraction of sp³-hybridized carbons (Fsp3) is 0.381. The highest BCUT2D eigenvalue weighted by molar-refractivity contribution is 5.99. The van der Waals surface area contributed by atoms with Crippen molar-refractivity contribution in [2.45, 2.75) is 26.9 Å². The minimum absolute atomic E-state index is 0.0796. The average Bonchev–Trinajstić information content (AvgIpc) is 3.06. The van der Waals surface area contributed by atoms with Crippen molar-refractivity contribution in [3.63, 3.8) is 0 Å². The number of nitrogens with zero attached hydrogens (tertiary/aromatic N) is 2. The number of piperazine rings is 1. The number of furan rings is 1. The number of aryl methyl sites for hydroxylation is 2. The van der Waals surface area contributed by atoms with Crippen LogP contribution in [0, 0.1) is 13.8 Å². The molecule has 1 unspecified atom stereocenters. The summed E-state index contributed by atoms with van der Waals surface area (Å²) in [4.78, 5) is 40.5. The second kappa shape index (κ2) is 7.74. The van der Waals surface area contributed by atoms with E-state index in [1.54, 1.807) is 47.9 Å². The lowest BCUT2D eigenvalue weighted by molar-refractivity contribution is -0.122. The van der Waals surface area contributed by atoms with Crippen molar-refractivity contribution < 1.29 is 23.5 Å². The molecule has 3 heterocycles. The van der Waals surface area contributed by atoms with Gasteiger partial charge in [-0.05, 0) is 45.0 Å². The maximum absolute atomic E-state index is 12.7. The lowest BCUT2D eigenvalue weighted by Crippen LogP contribution is -2.51. The first-order valence-electron chi connectivity index (χ1n) is 9.85. The molecule has 1 fully saturated rings. The van der Waals surface area contributed by atoms with Crippen LogP contribution in [0.2, 0.25) is 0 Å². The Morgan fingerprint density at radius 1 is 1.10 bits per heavy atom. The zero-order valence-corrected chi connectivity index (χ0v) is 17.2. The largest absolute Gasteiger partial charge is 0.479 e. The van der Waals surface area contributed by atoms with Gasteiger partial charge in [0, 0.05) is 31.9 Å². The van der Waals surface area contributed by atoms with Gasteiger partial charge in [0.25, 0.3) is 11.8 Å². The third-order valence-electron chi connectivity index (χ3n) is 5.29. The zero-order chi connectivity index (χ0) is 21.4. The number of nitrogens with one attached hydrogen (secondary N) is 2. The van der Waals surface area contributed by atoms with E-state index in [2.05, 4.69) is 10.6 Å². The molecule has 9 nitrogen and oxygen atoms in total. The first-order chi connectivity index (χ1) is 14.3. The van der Waals surface area contributed by atoms with Crippen molar-refractivity contribution in [1.82, 2.24) is 9.80 Å². The molecule has 2 aliphatic rings. The predicted molar refractivity (Wildman–Crippen MR) is 110 cm³/mol. The first kappa shape index (κ1) is 19.8. The van der Waals surface area contributed by atoms with E-state index in [-0.39, 0.29) is 17.8 Å². The standard InChI is InChI=1S/C21H24N4O5/c1-12-10-16(13(2)29-12)20(27)24-6-8-25(9-7-24)21(28)22-15-4-5-18-17(11-15)23-19(26)14(3)30-18/h4-5,10-11,14H,6-9H2,1-3H3,(H,22,28)(H,23,26). The predicted octanol–water partition coefficient (Wildman–Crippen LogP) is 2.61.